The summed E-state index contributed by atoms with van der Waals surface area (Å²) in [5.74, 6) is 0.818. The Morgan fingerprint density at radius 2 is 2.25 bits per heavy atom. The fourth-order valence-electron chi connectivity index (χ4n) is 2.07. The minimum absolute atomic E-state index is 0.0568. The van der Waals surface area contributed by atoms with E-state index in [2.05, 4.69) is 32.4 Å². The maximum absolute atomic E-state index is 5.98. The lowest BCUT2D eigenvalue weighted by Crippen LogP contribution is -2.10. The van der Waals surface area contributed by atoms with Crippen molar-refractivity contribution in [3.05, 3.63) is 46.5 Å². The standard InChI is InChI=1S/C15H20BrN3O/c1-3-6-19-10-18-8-13(19)9-20-15-7-12(16)4-5-14(15)11(2)17/h4-5,7-8,10-11H,3,6,9,17H2,1-2H3/t11-/m1/s1. The number of aryl methyl sites for hydroxylation is 1. The number of halogens is 1. The monoisotopic (exact) mass is 337 g/mol. The van der Waals surface area contributed by atoms with Gasteiger partial charge in [0.25, 0.3) is 0 Å². The molecule has 0 unspecified atom stereocenters. The lowest BCUT2D eigenvalue weighted by Gasteiger charge is -2.15. The van der Waals surface area contributed by atoms with E-state index in [9.17, 15) is 0 Å². The first-order valence-corrected chi connectivity index (χ1v) is 7.58. The number of nitrogens with zero attached hydrogens (tertiary/aromatic N) is 2. The first kappa shape index (κ1) is 15.1. The van der Waals surface area contributed by atoms with Gasteiger partial charge >= 0.3 is 0 Å². The lowest BCUT2D eigenvalue weighted by atomic mass is 10.1. The van der Waals surface area contributed by atoms with E-state index in [4.69, 9.17) is 10.5 Å². The molecule has 0 saturated carbocycles. The van der Waals surface area contributed by atoms with Crippen molar-refractivity contribution in [1.29, 1.82) is 0 Å². The quantitative estimate of drug-likeness (QED) is 0.875. The van der Waals surface area contributed by atoms with Crippen LogP contribution in [-0.2, 0) is 13.2 Å². The molecular formula is C15H20BrN3O. The van der Waals surface area contributed by atoms with Crippen LogP contribution in [0.2, 0.25) is 0 Å². The fourth-order valence-corrected chi connectivity index (χ4v) is 2.41. The molecule has 0 aliphatic carbocycles. The van der Waals surface area contributed by atoms with E-state index in [1.807, 2.05) is 37.6 Å². The molecule has 0 aliphatic heterocycles. The molecule has 0 spiro atoms. The van der Waals surface area contributed by atoms with Crippen LogP contribution >= 0.6 is 15.9 Å². The highest BCUT2D eigenvalue weighted by atomic mass is 79.9. The summed E-state index contributed by atoms with van der Waals surface area (Å²) in [6.07, 6.45) is 4.76. The number of hydrogen-bond donors (Lipinski definition) is 1. The Labute approximate surface area is 128 Å². The number of imidazole rings is 1. The lowest BCUT2D eigenvalue weighted by molar-refractivity contribution is 0.290. The average Bonchev–Trinajstić information content (AvgIpc) is 2.84. The van der Waals surface area contributed by atoms with E-state index in [1.165, 1.54) is 0 Å². The molecule has 2 aromatic rings. The Morgan fingerprint density at radius 1 is 1.45 bits per heavy atom. The SMILES string of the molecule is CCCn1cncc1COc1cc(Br)ccc1[C@@H](C)N. The first-order valence-electron chi connectivity index (χ1n) is 6.78. The zero-order chi connectivity index (χ0) is 14.5. The van der Waals surface area contributed by atoms with Crippen LogP contribution in [0.3, 0.4) is 0 Å². The molecule has 20 heavy (non-hydrogen) atoms. The molecule has 108 valence electrons. The van der Waals surface area contributed by atoms with Gasteiger partial charge in [0.2, 0.25) is 0 Å². The van der Waals surface area contributed by atoms with E-state index < -0.39 is 0 Å². The van der Waals surface area contributed by atoms with Gasteiger partial charge in [-0.25, -0.2) is 4.98 Å². The third kappa shape index (κ3) is 3.61. The van der Waals surface area contributed by atoms with E-state index in [1.54, 1.807) is 0 Å². The number of aromatic nitrogens is 2. The van der Waals surface area contributed by atoms with Crippen LogP contribution in [-0.4, -0.2) is 9.55 Å². The fraction of sp³-hybridized carbons (Fsp3) is 0.400. The molecule has 2 N–H and O–H groups in total. The number of hydrogen-bond acceptors (Lipinski definition) is 3. The highest BCUT2D eigenvalue weighted by Gasteiger charge is 2.10. The van der Waals surface area contributed by atoms with Crippen molar-refractivity contribution in [2.45, 2.75) is 39.5 Å². The van der Waals surface area contributed by atoms with Gasteiger partial charge in [0.1, 0.15) is 12.4 Å². The Morgan fingerprint density at radius 3 is 2.95 bits per heavy atom. The maximum Gasteiger partial charge on any atom is 0.130 e. The summed E-state index contributed by atoms with van der Waals surface area (Å²) in [6.45, 7) is 5.55. The van der Waals surface area contributed by atoms with Crippen LogP contribution in [0.25, 0.3) is 0 Å². The molecule has 0 saturated heterocycles. The number of ether oxygens (including phenoxy) is 1. The summed E-state index contributed by atoms with van der Waals surface area (Å²) in [7, 11) is 0. The molecule has 0 fully saturated rings. The number of nitrogens with two attached hydrogens (primary N) is 1. The smallest absolute Gasteiger partial charge is 0.130 e. The molecule has 0 amide bonds. The summed E-state index contributed by atoms with van der Waals surface area (Å²) >= 11 is 3.47. The van der Waals surface area contributed by atoms with Crippen molar-refractivity contribution in [3.8, 4) is 5.75 Å². The van der Waals surface area contributed by atoms with Gasteiger partial charge in [-0.3, -0.25) is 0 Å². The summed E-state index contributed by atoms with van der Waals surface area (Å²) in [4.78, 5) is 4.18. The Balaban J connectivity index is 2.14. The van der Waals surface area contributed by atoms with Crippen molar-refractivity contribution < 1.29 is 4.74 Å². The zero-order valence-corrected chi connectivity index (χ0v) is 13.4. The van der Waals surface area contributed by atoms with Gasteiger partial charge in [-0.05, 0) is 25.5 Å². The van der Waals surface area contributed by atoms with Gasteiger partial charge in [0, 0.05) is 22.6 Å². The highest BCUT2D eigenvalue weighted by molar-refractivity contribution is 9.10. The Bertz CT molecular complexity index is 566. The van der Waals surface area contributed by atoms with Crippen LogP contribution in [0.1, 0.15) is 37.6 Å². The van der Waals surface area contributed by atoms with E-state index >= 15 is 0 Å². The summed E-state index contributed by atoms with van der Waals surface area (Å²) in [6, 6.07) is 5.87. The van der Waals surface area contributed by atoms with Crippen molar-refractivity contribution in [2.24, 2.45) is 5.73 Å². The molecular weight excluding hydrogens is 318 g/mol. The van der Waals surface area contributed by atoms with Gasteiger partial charge in [-0.15, -0.1) is 0 Å². The first-order chi connectivity index (χ1) is 9.61. The van der Waals surface area contributed by atoms with Gasteiger partial charge in [-0.1, -0.05) is 28.9 Å². The third-order valence-corrected chi connectivity index (χ3v) is 3.60. The molecule has 0 aliphatic rings. The molecule has 1 aromatic heterocycles. The predicted octanol–water partition coefficient (Wildman–Crippen LogP) is 3.65. The minimum Gasteiger partial charge on any atom is -0.487 e. The Kier molecular flexibility index (Phi) is 5.20. The predicted molar refractivity (Wildman–Crippen MR) is 83.6 cm³/mol. The molecule has 1 aromatic carbocycles. The largest absolute Gasteiger partial charge is 0.487 e. The third-order valence-electron chi connectivity index (χ3n) is 3.10. The molecule has 4 nitrogen and oxygen atoms in total. The molecule has 0 bridgehead atoms. The number of benzene rings is 1. The van der Waals surface area contributed by atoms with Gasteiger partial charge in [0.05, 0.1) is 18.2 Å². The van der Waals surface area contributed by atoms with Gasteiger partial charge in [-0.2, -0.15) is 0 Å². The van der Waals surface area contributed by atoms with Crippen LogP contribution in [0.5, 0.6) is 5.75 Å². The number of rotatable bonds is 6. The Hall–Kier alpha value is -1.33. The molecule has 2 rings (SSSR count). The van der Waals surface area contributed by atoms with Gasteiger partial charge in [0.15, 0.2) is 0 Å². The maximum atomic E-state index is 5.98. The van der Waals surface area contributed by atoms with Crippen molar-refractivity contribution >= 4 is 15.9 Å². The average molecular weight is 338 g/mol. The van der Waals surface area contributed by atoms with Crippen LogP contribution in [0.4, 0.5) is 0 Å². The molecule has 1 heterocycles. The second kappa shape index (κ2) is 6.90. The second-order valence-corrected chi connectivity index (χ2v) is 5.75. The van der Waals surface area contributed by atoms with E-state index in [0.717, 1.165) is 34.4 Å². The van der Waals surface area contributed by atoms with E-state index in [0.29, 0.717) is 6.61 Å². The summed E-state index contributed by atoms with van der Waals surface area (Å²) in [5.41, 5.74) is 8.06. The van der Waals surface area contributed by atoms with Crippen molar-refractivity contribution in [1.82, 2.24) is 9.55 Å². The summed E-state index contributed by atoms with van der Waals surface area (Å²) < 4.78 is 9.04. The van der Waals surface area contributed by atoms with Gasteiger partial charge < -0.3 is 15.0 Å². The van der Waals surface area contributed by atoms with Crippen molar-refractivity contribution in [2.75, 3.05) is 0 Å². The topological polar surface area (TPSA) is 53.1 Å². The zero-order valence-electron chi connectivity index (χ0n) is 11.8. The second-order valence-electron chi connectivity index (χ2n) is 4.84. The highest BCUT2D eigenvalue weighted by Crippen LogP contribution is 2.28. The van der Waals surface area contributed by atoms with E-state index in [-0.39, 0.29) is 6.04 Å². The van der Waals surface area contributed by atoms with Crippen LogP contribution < -0.4 is 10.5 Å². The van der Waals surface area contributed by atoms with Crippen molar-refractivity contribution in [3.63, 3.8) is 0 Å². The normalized spacial score (nSPS) is 12.4. The van der Waals surface area contributed by atoms with Crippen LogP contribution in [0.15, 0.2) is 35.2 Å². The molecule has 1 atom stereocenters. The molecule has 5 heteroatoms. The van der Waals surface area contributed by atoms with Crippen LogP contribution in [0, 0.1) is 0 Å². The minimum atomic E-state index is -0.0568. The summed E-state index contributed by atoms with van der Waals surface area (Å²) in [5, 5.41) is 0. The molecule has 0 radical (unpaired) electrons.